The van der Waals surface area contributed by atoms with Crippen LogP contribution in [0.1, 0.15) is 12.5 Å². The number of halogens is 3. The molecule has 1 atom stereocenters. The molecule has 1 aromatic rings. The maximum atomic E-state index is 12.5. The summed E-state index contributed by atoms with van der Waals surface area (Å²) in [6.45, 7) is 4.92. The van der Waals surface area contributed by atoms with E-state index in [0.717, 1.165) is 32.7 Å². The van der Waals surface area contributed by atoms with Crippen LogP contribution in [-0.2, 0) is 4.79 Å². The SMILES string of the molecule is CC(CNC(=O)/C=C/c1cc(Br)ccc1OC(F)F)CN1CCN(C)CC1. The number of carbonyl (C=O) groups excluding carboxylic acids is 1. The van der Waals surface area contributed by atoms with Crippen LogP contribution in [0.4, 0.5) is 8.78 Å². The van der Waals surface area contributed by atoms with E-state index in [0.29, 0.717) is 22.5 Å². The summed E-state index contributed by atoms with van der Waals surface area (Å²) in [5.74, 6) is 0.0956. The third-order valence-electron chi connectivity index (χ3n) is 4.39. The average Bonchev–Trinajstić information content (AvgIpc) is 2.61. The van der Waals surface area contributed by atoms with E-state index < -0.39 is 6.61 Å². The Bertz CT molecular complexity index is 650. The number of nitrogens with zero attached hydrogens (tertiary/aromatic N) is 2. The molecule has 1 aromatic carbocycles. The minimum atomic E-state index is -2.91. The molecular weight excluding hydrogens is 420 g/mol. The highest BCUT2D eigenvalue weighted by atomic mass is 79.9. The Labute approximate surface area is 167 Å². The van der Waals surface area contributed by atoms with Gasteiger partial charge in [0.15, 0.2) is 0 Å². The Balaban J connectivity index is 1.82. The highest BCUT2D eigenvalue weighted by molar-refractivity contribution is 9.10. The Kier molecular flexibility index (Phi) is 8.66. The first-order chi connectivity index (χ1) is 12.8. The fraction of sp³-hybridized carbons (Fsp3) is 0.526. The molecule has 8 heteroatoms. The second-order valence-electron chi connectivity index (χ2n) is 6.85. The molecule has 1 aliphatic heterocycles. The largest absolute Gasteiger partial charge is 0.434 e. The molecular formula is C19H26BrF2N3O2. The van der Waals surface area contributed by atoms with Crippen LogP contribution in [-0.4, -0.2) is 68.6 Å². The van der Waals surface area contributed by atoms with Crippen LogP contribution in [0, 0.1) is 5.92 Å². The summed E-state index contributed by atoms with van der Waals surface area (Å²) < 4.78 is 30.1. The van der Waals surface area contributed by atoms with Crippen molar-refractivity contribution in [2.24, 2.45) is 5.92 Å². The number of likely N-dealkylation sites (N-methyl/N-ethyl adjacent to an activating group) is 1. The predicted molar refractivity (Wildman–Crippen MR) is 106 cm³/mol. The maximum absolute atomic E-state index is 12.5. The fourth-order valence-corrected chi connectivity index (χ4v) is 3.27. The van der Waals surface area contributed by atoms with Gasteiger partial charge in [-0.25, -0.2) is 0 Å². The van der Waals surface area contributed by atoms with Crippen LogP contribution in [0.3, 0.4) is 0 Å². The molecule has 1 heterocycles. The number of carbonyl (C=O) groups is 1. The molecule has 0 aliphatic carbocycles. The predicted octanol–water partition coefficient (Wildman–Crippen LogP) is 3.06. The summed E-state index contributed by atoms with van der Waals surface area (Å²) in [7, 11) is 2.12. The maximum Gasteiger partial charge on any atom is 0.387 e. The zero-order chi connectivity index (χ0) is 19.8. The molecule has 0 radical (unpaired) electrons. The Hall–Kier alpha value is -1.51. The first kappa shape index (κ1) is 21.8. The minimum absolute atomic E-state index is 0.0284. The third kappa shape index (κ3) is 7.94. The van der Waals surface area contributed by atoms with Gasteiger partial charge in [-0.15, -0.1) is 0 Å². The third-order valence-corrected chi connectivity index (χ3v) is 4.89. The van der Waals surface area contributed by atoms with E-state index in [4.69, 9.17) is 0 Å². The van der Waals surface area contributed by atoms with Crippen molar-refractivity contribution in [3.05, 3.63) is 34.3 Å². The van der Waals surface area contributed by atoms with Crippen LogP contribution in [0.2, 0.25) is 0 Å². The molecule has 0 saturated carbocycles. The van der Waals surface area contributed by atoms with Gasteiger partial charge in [0.1, 0.15) is 5.75 Å². The second kappa shape index (κ2) is 10.7. The lowest BCUT2D eigenvalue weighted by molar-refractivity contribution is -0.116. The minimum Gasteiger partial charge on any atom is -0.434 e. The molecule has 0 aromatic heterocycles. The zero-order valence-electron chi connectivity index (χ0n) is 15.6. The van der Waals surface area contributed by atoms with Gasteiger partial charge in [0, 0.05) is 55.4 Å². The molecule has 27 heavy (non-hydrogen) atoms. The van der Waals surface area contributed by atoms with Gasteiger partial charge in [0.05, 0.1) is 0 Å². The molecule has 1 N–H and O–H groups in total. The molecule has 1 aliphatic rings. The smallest absolute Gasteiger partial charge is 0.387 e. The zero-order valence-corrected chi connectivity index (χ0v) is 17.2. The number of hydrogen-bond donors (Lipinski definition) is 1. The summed E-state index contributed by atoms with van der Waals surface area (Å²) in [6.07, 6.45) is 2.81. The summed E-state index contributed by atoms with van der Waals surface area (Å²) in [5, 5.41) is 2.86. The van der Waals surface area contributed by atoms with E-state index in [9.17, 15) is 13.6 Å². The van der Waals surface area contributed by atoms with Crippen molar-refractivity contribution in [2.75, 3.05) is 46.3 Å². The topological polar surface area (TPSA) is 44.8 Å². The lowest BCUT2D eigenvalue weighted by Crippen LogP contribution is -2.46. The summed E-state index contributed by atoms with van der Waals surface area (Å²) in [5.41, 5.74) is 0.408. The van der Waals surface area contributed by atoms with Gasteiger partial charge in [-0.2, -0.15) is 8.78 Å². The molecule has 1 saturated heterocycles. The Morgan fingerprint density at radius 2 is 2.04 bits per heavy atom. The van der Waals surface area contributed by atoms with Gasteiger partial charge >= 0.3 is 6.61 Å². The number of rotatable bonds is 8. The monoisotopic (exact) mass is 445 g/mol. The highest BCUT2D eigenvalue weighted by Gasteiger charge is 2.16. The summed E-state index contributed by atoms with van der Waals surface area (Å²) >= 11 is 3.29. The Morgan fingerprint density at radius 3 is 2.70 bits per heavy atom. The van der Waals surface area contributed by atoms with Crippen molar-refractivity contribution in [1.29, 1.82) is 0 Å². The quantitative estimate of drug-likeness (QED) is 0.624. The van der Waals surface area contributed by atoms with Crippen LogP contribution in [0.5, 0.6) is 5.75 Å². The molecule has 2 rings (SSSR count). The van der Waals surface area contributed by atoms with Crippen molar-refractivity contribution in [3.63, 3.8) is 0 Å². The number of piperazine rings is 1. The van der Waals surface area contributed by atoms with Crippen molar-refractivity contribution in [2.45, 2.75) is 13.5 Å². The van der Waals surface area contributed by atoms with E-state index in [1.807, 2.05) is 0 Å². The molecule has 1 amide bonds. The summed E-state index contributed by atoms with van der Waals surface area (Å²) in [4.78, 5) is 16.8. The Morgan fingerprint density at radius 1 is 1.33 bits per heavy atom. The van der Waals surface area contributed by atoms with Crippen molar-refractivity contribution >= 4 is 27.9 Å². The lowest BCUT2D eigenvalue weighted by atomic mass is 10.1. The first-order valence-electron chi connectivity index (χ1n) is 8.94. The van der Waals surface area contributed by atoms with Gasteiger partial charge in [0.2, 0.25) is 5.91 Å². The number of amides is 1. The first-order valence-corrected chi connectivity index (χ1v) is 9.74. The van der Waals surface area contributed by atoms with E-state index in [-0.39, 0.29) is 11.7 Å². The molecule has 1 unspecified atom stereocenters. The van der Waals surface area contributed by atoms with E-state index >= 15 is 0 Å². The van der Waals surface area contributed by atoms with Crippen molar-refractivity contribution < 1.29 is 18.3 Å². The standard InChI is InChI=1S/C19H26BrF2N3O2/c1-14(13-25-9-7-24(2)8-10-25)12-23-18(26)6-3-15-11-16(20)4-5-17(15)27-19(21)22/h3-6,11,14,19H,7-10,12-13H2,1-2H3,(H,23,26)/b6-3+. The van der Waals surface area contributed by atoms with Crippen molar-refractivity contribution in [3.8, 4) is 5.75 Å². The van der Waals surface area contributed by atoms with Crippen molar-refractivity contribution in [1.82, 2.24) is 15.1 Å². The number of ether oxygens (including phenoxy) is 1. The lowest BCUT2D eigenvalue weighted by Gasteiger charge is -2.33. The molecule has 150 valence electrons. The molecule has 0 bridgehead atoms. The number of benzene rings is 1. The number of hydrogen-bond acceptors (Lipinski definition) is 4. The fourth-order valence-electron chi connectivity index (χ4n) is 2.89. The van der Waals surface area contributed by atoms with Crippen LogP contribution >= 0.6 is 15.9 Å². The second-order valence-corrected chi connectivity index (χ2v) is 7.76. The van der Waals surface area contributed by atoms with Gasteiger partial charge in [-0.3, -0.25) is 4.79 Å². The van der Waals surface area contributed by atoms with E-state index in [2.05, 4.69) is 49.8 Å². The van der Waals surface area contributed by atoms with Gasteiger partial charge < -0.3 is 19.9 Å². The molecule has 0 spiro atoms. The highest BCUT2D eigenvalue weighted by Crippen LogP contribution is 2.25. The normalized spacial score (nSPS) is 17.4. The van der Waals surface area contributed by atoms with Gasteiger partial charge in [0.25, 0.3) is 0 Å². The molecule has 1 fully saturated rings. The van der Waals surface area contributed by atoms with Crippen LogP contribution < -0.4 is 10.1 Å². The molecule has 5 nitrogen and oxygen atoms in total. The summed E-state index contributed by atoms with van der Waals surface area (Å²) in [6, 6.07) is 4.67. The van der Waals surface area contributed by atoms with Gasteiger partial charge in [-0.1, -0.05) is 22.9 Å². The average molecular weight is 446 g/mol. The van der Waals surface area contributed by atoms with E-state index in [1.165, 1.54) is 18.2 Å². The van der Waals surface area contributed by atoms with Crippen LogP contribution in [0.25, 0.3) is 6.08 Å². The number of alkyl halides is 2. The van der Waals surface area contributed by atoms with E-state index in [1.54, 1.807) is 12.1 Å². The van der Waals surface area contributed by atoms with Crippen LogP contribution in [0.15, 0.2) is 28.7 Å². The van der Waals surface area contributed by atoms with Gasteiger partial charge in [-0.05, 0) is 37.2 Å². The number of nitrogens with one attached hydrogen (secondary N) is 1.